The van der Waals surface area contributed by atoms with E-state index in [4.69, 9.17) is 11.6 Å². The van der Waals surface area contributed by atoms with E-state index in [2.05, 4.69) is 51.8 Å². The summed E-state index contributed by atoms with van der Waals surface area (Å²) < 4.78 is 0. The van der Waals surface area contributed by atoms with Crippen molar-refractivity contribution in [3.8, 4) is 0 Å². The molecule has 0 saturated heterocycles. The fourth-order valence-electron chi connectivity index (χ4n) is 2.84. The number of aromatic nitrogens is 2. The van der Waals surface area contributed by atoms with E-state index in [0.717, 1.165) is 22.4 Å². The molecule has 0 radical (unpaired) electrons. The van der Waals surface area contributed by atoms with Gasteiger partial charge in [-0.3, -0.25) is 0 Å². The van der Waals surface area contributed by atoms with Crippen molar-refractivity contribution in [1.29, 1.82) is 0 Å². The number of para-hydroxylation sites is 2. The van der Waals surface area contributed by atoms with Crippen LogP contribution in [0.5, 0.6) is 0 Å². The lowest BCUT2D eigenvalue weighted by Gasteiger charge is -2.12. The van der Waals surface area contributed by atoms with E-state index in [1.165, 1.54) is 11.1 Å². The van der Waals surface area contributed by atoms with E-state index in [0.29, 0.717) is 17.5 Å². The third-order valence-corrected chi connectivity index (χ3v) is 4.63. The first-order chi connectivity index (χ1) is 13.2. The first-order valence-corrected chi connectivity index (χ1v) is 9.14. The van der Waals surface area contributed by atoms with Crippen LogP contribution in [-0.4, -0.2) is 9.97 Å². The summed E-state index contributed by atoms with van der Waals surface area (Å²) in [6.07, 6.45) is 0. The molecule has 0 atom stereocenters. The molecule has 4 rings (SSSR count). The zero-order valence-corrected chi connectivity index (χ0v) is 15.7. The van der Waals surface area contributed by atoms with E-state index in [1.807, 2.05) is 48.5 Å². The van der Waals surface area contributed by atoms with Crippen LogP contribution in [-0.2, 0) is 6.54 Å². The summed E-state index contributed by atoms with van der Waals surface area (Å²) in [4.78, 5) is 9.30. The van der Waals surface area contributed by atoms with Crippen LogP contribution in [0.2, 0.25) is 5.02 Å². The van der Waals surface area contributed by atoms with Gasteiger partial charge in [-0.25, -0.2) is 4.98 Å². The van der Waals surface area contributed by atoms with E-state index in [1.54, 1.807) is 0 Å². The monoisotopic (exact) mass is 374 g/mol. The van der Waals surface area contributed by atoms with E-state index in [9.17, 15) is 0 Å². The molecule has 1 heterocycles. The molecule has 0 aliphatic rings. The van der Waals surface area contributed by atoms with Crippen LogP contribution in [0.3, 0.4) is 0 Å². The summed E-state index contributed by atoms with van der Waals surface area (Å²) in [5, 5.41) is 8.27. The number of hydrogen-bond acceptors (Lipinski definition) is 4. The van der Waals surface area contributed by atoms with Crippen LogP contribution in [0.25, 0.3) is 10.9 Å². The second-order valence-corrected chi connectivity index (χ2v) is 6.76. The molecule has 0 unspecified atom stereocenters. The minimum absolute atomic E-state index is 0.508. The molecule has 0 spiro atoms. The Morgan fingerprint density at radius 1 is 0.852 bits per heavy atom. The van der Waals surface area contributed by atoms with Crippen LogP contribution < -0.4 is 10.6 Å². The predicted octanol–water partition coefficient (Wildman–Crippen LogP) is 5.95. The number of anilines is 3. The summed E-state index contributed by atoms with van der Waals surface area (Å²) in [7, 11) is 0. The second-order valence-electron chi connectivity index (χ2n) is 6.36. The molecule has 1 aromatic heterocycles. The zero-order chi connectivity index (χ0) is 18.6. The van der Waals surface area contributed by atoms with Crippen molar-refractivity contribution in [2.75, 3.05) is 10.6 Å². The highest BCUT2D eigenvalue weighted by molar-refractivity contribution is 6.33. The number of nitrogens with one attached hydrogen (secondary N) is 2. The highest BCUT2D eigenvalue weighted by atomic mass is 35.5. The molecule has 4 aromatic rings. The first kappa shape index (κ1) is 17.3. The Kier molecular flexibility index (Phi) is 4.90. The molecule has 0 aliphatic heterocycles. The molecular weight excluding hydrogens is 356 g/mol. The summed E-state index contributed by atoms with van der Waals surface area (Å²) >= 11 is 6.25. The predicted molar refractivity (Wildman–Crippen MR) is 113 cm³/mol. The molecular formula is C22H19ClN4. The first-order valence-electron chi connectivity index (χ1n) is 8.77. The molecule has 4 nitrogen and oxygen atoms in total. The number of aryl methyl sites for hydroxylation is 1. The summed E-state index contributed by atoms with van der Waals surface area (Å²) in [5.41, 5.74) is 4.09. The van der Waals surface area contributed by atoms with Crippen LogP contribution >= 0.6 is 11.6 Å². The fraction of sp³-hybridized carbons (Fsp3) is 0.0909. The second kappa shape index (κ2) is 7.64. The van der Waals surface area contributed by atoms with Gasteiger partial charge in [-0.05, 0) is 36.8 Å². The average Bonchev–Trinajstić information content (AvgIpc) is 2.69. The molecule has 0 saturated carbocycles. The third kappa shape index (κ3) is 4.01. The Bertz CT molecular complexity index is 1080. The van der Waals surface area contributed by atoms with Gasteiger partial charge in [0.2, 0.25) is 5.95 Å². The third-order valence-electron chi connectivity index (χ3n) is 4.30. The summed E-state index contributed by atoms with van der Waals surface area (Å²) in [6.45, 7) is 2.77. The topological polar surface area (TPSA) is 49.8 Å². The molecule has 134 valence electrons. The molecule has 2 N–H and O–H groups in total. The molecule has 3 aromatic carbocycles. The smallest absolute Gasteiger partial charge is 0.229 e. The molecule has 27 heavy (non-hydrogen) atoms. The normalized spacial score (nSPS) is 10.7. The lowest BCUT2D eigenvalue weighted by molar-refractivity contribution is 1.10. The zero-order valence-electron chi connectivity index (χ0n) is 14.9. The Morgan fingerprint density at radius 2 is 1.59 bits per heavy atom. The van der Waals surface area contributed by atoms with Crippen LogP contribution in [0.4, 0.5) is 17.5 Å². The number of hydrogen-bond donors (Lipinski definition) is 2. The Hall–Kier alpha value is -3.11. The van der Waals surface area contributed by atoms with Gasteiger partial charge in [0.05, 0.1) is 16.2 Å². The maximum Gasteiger partial charge on any atom is 0.229 e. The number of benzene rings is 3. The van der Waals surface area contributed by atoms with Crippen molar-refractivity contribution in [3.05, 3.63) is 88.9 Å². The minimum atomic E-state index is 0.508. The maximum absolute atomic E-state index is 6.25. The van der Waals surface area contributed by atoms with Crippen molar-refractivity contribution >= 4 is 40.0 Å². The van der Waals surface area contributed by atoms with Gasteiger partial charge in [-0.15, -0.1) is 0 Å². The Labute approximate surface area is 163 Å². The van der Waals surface area contributed by atoms with E-state index in [-0.39, 0.29) is 0 Å². The van der Waals surface area contributed by atoms with Crippen LogP contribution in [0, 0.1) is 6.92 Å². The molecule has 0 bridgehead atoms. The van der Waals surface area contributed by atoms with Gasteiger partial charge in [0.25, 0.3) is 0 Å². The van der Waals surface area contributed by atoms with E-state index < -0.39 is 0 Å². The van der Waals surface area contributed by atoms with Crippen LogP contribution in [0.15, 0.2) is 72.8 Å². The van der Waals surface area contributed by atoms with E-state index >= 15 is 0 Å². The van der Waals surface area contributed by atoms with Crippen molar-refractivity contribution < 1.29 is 0 Å². The average molecular weight is 375 g/mol. The quantitative estimate of drug-likeness (QED) is 0.453. The van der Waals surface area contributed by atoms with Gasteiger partial charge < -0.3 is 10.6 Å². The highest BCUT2D eigenvalue weighted by Gasteiger charge is 2.09. The standard InChI is InChI=1S/C22H19ClN4/c1-15-10-12-16(13-11-15)14-24-21-17-6-2-4-8-19(17)25-22(27-21)26-20-9-5-3-7-18(20)23/h2-13H,14H2,1H3,(H2,24,25,26,27). The number of fused-ring (bicyclic) bond motifs is 1. The summed E-state index contributed by atoms with van der Waals surface area (Å²) in [5.74, 6) is 1.30. The van der Waals surface area contributed by atoms with Gasteiger partial charge in [0.15, 0.2) is 0 Å². The SMILES string of the molecule is Cc1ccc(CNc2nc(Nc3ccccc3Cl)nc3ccccc23)cc1. The van der Waals surface area contributed by atoms with Gasteiger partial charge in [0.1, 0.15) is 5.82 Å². The molecule has 0 aliphatic carbocycles. The minimum Gasteiger partial charge on any atom is -0.365 e. The molecule has 0 amide bonds. The maximum atomic E-state index is 6.25. The number of rotatable bonds is 5. The molecule has 0 fully saturated rings. The molecule has 5 heteroatoms. The largest absolute Gasteiger partial charge is 0.365 e. The van der Waals surface area contributed by atoms with Crippen LogP contribution in [0.1, 0.15) is 11.1 Å². The number of halogens is 1. The lowest BCUT2D eigenvalue weighted by atomic mass is 10.1. The lowest BCUT2D eigenvalue weighted by Crippen LogP contribution is -2.06. The van der Waals surface area contributed by atoms with Crippen molar-refractivity contribution in [3.63, 3.8) is 0 Å². The Morgan fingerprint density at radius 3 is 2.41 bits per heavy atom. The van der Waals surface area contributed by atoms with Crippen molar-refractivity contribution in [2.45, 2.75) is 13.5 Å². The van der Waals surface area contributed by atoms with Gasteiger partial charge in [-0.1, -0.05) is 65.7 Å². The Balaban J connectivity index is 1.66. The van der Waals surface area contributed by atoms with Gasteiger partial charge in [0, 0.05) is 11.9 Å². The summed E-state index contributed by atoms with van der Waals surface area (Å²) in [6, 6.07) is 24.0. The van der Waals surface area contributed by atoms with Crippen molar-refractivity contribution in [1.82, 2.24) is 9.97 Å². The van der Waals surface area contributed by atoms with Gasteiger partial charge >= 0.3 is 0 Å². The number of nitrogens with zero attached hydrogens (tertiary/aromatic N) is 2. The highest BCUT2D eigenvalue weighted by Crippen LogP contribution is 2.27. The van der Waals surface area contributed by atoms with Gasteiger partial charge in [-0.2, -0.15) is 4.98 Å². The fourth-order valence-corrected chi connectivity index (χ4v) is 3.02. The van der Waals surface area contributed by atoms with Crippen molar-refractivity contribution in [2.24, 2.45) is 0 Å².